The van der Waals surface area contributed by atoms with Crippen molar-refractivity contribution in [3.05, 3.63) is 23.8 Å². The first-order chi connectivity index (χ1) is 8.40. The van der Waals surface area contributed by atoms with Crippen LogP contribution in [0.1, 0.15) is 12.5 Å². The van der Waals surface area contributed by atoms with E-state index in [4.69, 9.17) is 15.7 Å². The van der Waals surface area contributed by atoms with Gasteiger partial charge in [-0.3, -0.25) is 0 Å². The van der Waals surface area contributed by atoms with Crippen LogP contribution in [0.25, 0.3) is 0 Å². The van der Waals surface area contributed by atoms with Crippen molar-refractivity contribution in [2.45, 2.75) is 17.9 Å². The first-order valence-corrected chi connectivity index (χ1v) is 6.71. The van der Waals surface area contributed by atoms with E-state index in [0.29, 0.717) is 5.69 Å². The SMILES string of the molecule is COC(C)CNS(=O)(=O)c1ccc(N)cc1C#N. The maximum Gasteiger partial charge on any atom is 0.241 e. The molecule has 98 valence electrons. The van der Waals surface area contributed by atoms with Gasteiger partial charge in [-0.2, -0.15) is 5.26 Å². The van der Waals surface area contributed by atoms with Crippen molar-refractivity contribution in [1.82, 2.24) is 4.72 Å². The fourth-order valence-corrected chi connectivity index (χ4v) is 2.51. The predicted molar refractivity (Wildman–Crippen MR) is 67.2 cm³/mol. The second-order valence-corrected chi connectivity index (χ2v) is 5.50. The molecular formula is C11H15N3O3S. The minimum Gasteiger partial charge on any atom is -0.399 e. The van der Waals surface area contributed by atoms with E-state index in [1.165, 1.54) is 25.3 Å². The summed E-state index contributed by atoms with van der Waals surface area (Å²) in [6.07, 6.45) is -0.251. The molecular weight excluding hydrogens is 254 g/mol. The molecule has 3 N–H and O–H groups in total. The van der Waals surface area contributed by atoms with Crippen LogP contribution in [0.4, 0.5) is 5.69 Å². The number of sulfonamides is 1. The summed E-state index contributed by atoms with van der Waals surface area (Å²) in [5, 5.41) is 8.91. The molecule has 0 radical (unpaired) electrons. The summed E-state index contributed by atoms with van der Waals surface area (Å²) in [7, 11) is -2.24. The van der Waals surface area contributed by atoms with Gasteiger partial charge in [0.1, 0.15) is 6.07 Å². The molecule has 6 nitrogen and oxygen atoms in total. The number of nitrogens with one attached hydrogen (secondary N) is 1. The summed E-state index contributed by atoms with van der Waals surface area (Å²) in [6.45, 7) is 1.87. The molecule has 1 atom stereocenters. The molecule has 0 heterocycles. The predicted octanol–water partition coefficient (Wildman–Crippen LogP) is 0.454. The van der Waals surface area contributed by atoms with Gasteiger partial charge in [0.05, 0.1) is 16.6 Å². The molecule has 0 bridgehead atoms. The molecule has 7 heteroatoms. The molecule has 0 amide bonds. The number of nitrogen functional groups attached to an aromatic ring is 1. The lowest BCUT2D eigenvalue weighted by Crippen LogP contribution is -2.32. The lowest BCUT2D eigenvalue weighted by Gasteiger charge is -2.12. The molecule has 0 saturated heterocycles. The number of nitrogens with two attached hydrogens (primary N) is 1. The smallest absolute Gasteiger partial charge is 0.241 e. The van der Waals surface area contributed by atoms with Crippen LogP contribution >= 0.6 is 0 Å². The summed E-state index contributed by atoms with van der Waals surface area (Å²) >= 11 is 0. The zero-order valence-corrected chi connectivity index (χ0v) is 11.0. The summed E-state index contributed by atoms with van der Waals surface area (Å²) < 4.78 is 31.3. The quantitative estimate of drug-likeness (QED) is 0.755. The summed E-state index contributed by atoms with van der Waals surface area (Å²) in [4.78, 5) is -0.0810. The van der Waals surface area contributed by atoms with Crippen molar-refractivity contribution in [3.8, 4) is 6.07 Å². The van der Waals surface area contributed by atoms with Crippen molar-refractivity contribution < 1.29 is 13.2 Å². The number of nitriles is 1. The number of benzene rings is 1. The lowest BCUT2D eigenvalue weighted by molar-refractivity contribution is 0.122. The Morgan fingerprint density at radius 2 is 2.22 bits per heavy atom. The fourth-order valence-electron chi connectivity index (χ4n) is 1.26. The average Bonchev–Trinajstić information content (AvgIpc) is 2.35. The zero-order chi connectivity index (χ0) is 13.8. The molecule has 0 aromatic heterocycles. The van der Waals surface area contributed by atoms with Crippen LogP contribution in [0, 0.1) is 11.3 Å². The number of nitrogens with zero attached hydrogens (tertiary/aromatic N) is 1. The molecule has 1 aromatic carbocycles. The van der Waals surface area contributed by atoms with Crippen molar-refractivity contribution in [2.75, 3.05) is 19.4 Å². The van der Waals surface area contributed by atoms with Gasteiger partial charge in [-0.15, -0.1) is 0 Å². The van der Waals surface area contributed by atoms with Crippen LogP contribution in [-0.4, -0.2) is 28.2 Å². The van der Waals surface area contributed by atoms with Crippen LogP contribution in [0.3, 0.4) is 0 Å². The van der Waals surface area contributed by atoms with Crippen molar-refractivity contribution >= 4 is 15.7 Å². The Morgan fingerprint density at radius 1 is 1.56 bits per heavy atom. The summed E-state index contributed by atoms with van der Waals surface area (Å²) in [5.74, 6) is 0. The van der Waals surface area contributed by atoms with Crippen LogP contribution in [0.2, 0.25) is 0 Å². The topological polar surface area (TPSA) is 105 Å². The van der Waals surface area contributed by atoms with Crippen LogP contribution in [-0.2, 0) is 14.8 Å². The molecule has 0 aliphatic heterocycles. The molecule has 0 saturated carbocycles. The van der Waals surface area contributed by atoms with Crippen molar-refractivity contribution in [1.29, 1.82) is 5.26 Å². The lowest BCUT2D eigenvalue weighted by atomic mass is 10.2. The normalized spacial score (nSPS) is 12.9. The minimum absolute atomic E-state index is 0.0209. The highest BCUT2D eigenvalue weighted by Crippen LogP contribution is 2.17. The number of rotatable bonds is 5. The number of methoxy groups -OCH3 is 1. The van der Waals surface area contributed by atoms with Gasteiger partial charge in [-0.1, -0.05) is 0 Å². The third-order valence-electron chi connectivity index (χ3n) is 2.38. The highest BCUT2D eigenvalue weighted by atomic mass is 32.2. The maximum absolute atomic E-state index is 12.0. The third kappa shape index (κ3) is 3.43. The van der Waals surface area contributed by atoms with Gasteiger partial charge in [-0.05, 0) is 25.1 Å². The molecule has 0 spiro atoms. The largest absolute Gasteiger partial charge is 0.399 e. The van der Waals surface area contributed by atoms with E-state index in [9.17, 15) is 8.42 Å². The molecule has 18 heavy (non-hydrogen) atoms. The van der Waals surface area contributed by atoms with Crippen molar-refractivity contribution in [2.24, 2.45) is 0 Å². The first kappa shape index (κ1) is 14.4. The van der Waals surface area contributed by atoms with E-state index in [1.54, 1.807) is 6.92 Å². The van der Waals surface area contributed by atoms with Crippen LogP contribution < -0.4 is 10.5 Å². The Kier molecular flexibility index (Phi) is 4.67. The van der Waals surface area contributed by atoms with E-state index in [-0.39, 0.29) is 23.1 Å². The number of ether oxygens (including phenoxy) is 1. The average molecular weight is 269 g/mol. The maximum atomic E-state index is 12.0. The Balaban J connectivity index is 3.03. The second-order valence-electron chi connectivity index (χ2n) is 3.77. The Labute approximate surface area is 106 Å². The molecule has 0 fully saturated rings. The second kappa shape index (κ2) is 5.82. The highest BCUT2D eigenvalue weighted by molar-refractivity contribution is 7.89. The standard InChI is InChI=1S/C11H15N3O3S/c1-8(17-2)7-14-18(15,16)11-4-3-10(13)5-9(11)6-12/h3-5,8,14H,7,13H2,1-2H3. The molecule has 1 aromatic rings. The number of anilines is 1. The molecule has 0 aliphatic rings. The van der Waals surface area contributed by atoms with Crippen LogP contribution in [0.5, 0.6) is 0 Å². The van der Waals surface area contributed by atoms with Crippen molar-refractivity contribution in [3.63, 3.8) is 0 Å². The third-order valence-corrected chi connectivity index (χ3v) is 3.86. The fraction of sp³-hybridized carbons (Fsp3) is 0.364. The van der Waals surface area contributed by atoms with E-state index in [1.807, 2.05) is 6.07 Å². The number of hydrogen-bond acceptors (Lipinski definition) is 5. The van der Waals surface area contributed by atoms with Gasteiger partial charge >= 0.3 is 0 Å². The number of hydrogen-bond donors (Lipinski definition) is 2. The van der Waals surface area contributed by atoms with Crippen LogP contribution in [0.15, 0.2) is 23.1 Å². The van der Waals surface area contributed by atoms with E-state index >= 15 is 0 Å². The zero-order valence-electron chi connectivity index (χ0n) is 10.2. The van der Waals surface area contributed by atoms with E-state index in [2.05, 4.69) is 4.72 Å². The van der Waals surface area contributed by atoms with Gasteiger partial charge in [0.15, 0.2) is 0 Å². The first-order valence-electron chi connectivity index (χ1n) is 5.22. The van der Waals surface area contributed by atoms with Gasteiger partial charge in [0.25, 0.3) is 0 Å². The highest BCUT2D eigenvalue weighted by Gasteiger charge is 2.19. The van der Waals surface area contributed by atoms with Gasteiger partial charge in [0, 0.05) is 19.3 Å². The minimum atomic E-state index is -3.73. The van der Waals surface area contributed by atoms with E-state index in [0.717, 1.165) is 0 Å². The van der Waals surface area contributed by atoms with Gasteiger partial charge < -0.3 is 10.5 Å². The Morgan fingerprint density at radius 3 is 2.78 bits per heavy atom. The monoisotopic (exact) mass is 269 g/mol. The molecule has 1 rings (SSSR count). The van der Waals surface area contributed by atoms with E-state index < -0.39 is 10.0 Å². The Hall–Kier alpha value is -1.62. The summed E-state index contributed by atoms with van der Waals surface area (Å²) in [6, 6.07) is 5.89. The molecule has 1 unspecified atom stereocenters. The van der Waals surface area contributed by atoms with Gasteiger partial charge in [-0.25, -0.2) is 13.1 Å². The molecule has 0 aliphatic carbocycles. The van der Waals surface area contributed by atoms with Gasteiger partial charge in [0.2, 0.25) is 10.0 Å². The Bertz CT molecular complexity index is 563. The summed E-state index contributed by atoms with van der Waals surface area (Å²) in [5.41, 5.74) is 5.87.